The summed E-state index contributed by atoms with van der Waals surface area (Å²) in [5.74, 6) is -2.05. The minimum atomic E-state index is -4.60. The highest BCUT2D eigenvalue weighted by Crippen LogP contribution is 2.24. The monoisotopic (exact) mass is 817 g/mol. The largest absolute Gasteiger partial charge is 0.462 e. The van der Waals surface area contributed by atoms with Crippen molar-refractivity contribution >= 4 is 22.1 Å². The second kappa shape index (κ2) is 33.8. The van der Waals surface area contributed by atoms with E-state index in [1.54, 1.807) is 0 Å². The molecule has 0 amide bonds. The Labute approximate surface area is 338 Å². The van der Waals surface area contributed by atoms with Crippen molar-refractivity contribution in [1.82, 2.24) is 0 Å². The highest BCUT2D eigenvalue weighted by Gasteiger charge is 2.46. The van der Waals surface area contributed by atoms with Crippen LogP contribution >= 0.6 is 0 Å². The third-order valence-corrected chi connectivity index (χ3v) is 10.5. The van der Waals surface area contributed by atoms with Crippen LogP contribution in [0.1, 0.15) is 168 Å². The van der Waals surface area contributed by atoms with Gasteiger partial charge in [0.1, 0.15) is 36.8 Å². The van der Waals surface area contributed by atoms with E-state index in [4.69, 9.17) is 18.9 Å². The average molecular weight is 817 g/mol. The molecule has 0 radical (unpaired) electrons. The SMILES string of the molecule is CCCCCCCC/C=C/C/C=C/C/C=C/CCCC(=O)O[C@H](COC(=O)CCCCCCCCCCCCC)CO[C@H]1O[C@H](CS(=O)(=O)O)[C@@H](O)C(O)C1O. The third-order valence-electron chi connectivity index (χ3n) is 9.72. The van der Waals surface area contributed by atoms with Crippen LogP contribution < -0.4 is 0 Å². The molecule has 1 rings (SSSR count). The second-order valence-electron chi connectivity index (χ2n) is 15.0. The molecular formula is C43H76O12S. The van der Waals surface area contributed by atoms with Crippen LogP contribution in [0.2, 0.25) is 0 Å². The van der Waals surface area contributed by atoms with Gasteiger partial charge in [0.15, 0.2) is 12.4 Å². The molecule has 326 valence electrons. The van der Waals surface area contributed by atoms with Crippen LogP contribution in [0.5, 0.6) is 0 Å². The lowest BCUT2D eigenvalue weighted by Crippen LogP contribution is -2.60. The van der Waals surface area contributed by atoms with Crippen LogP contribution in [-0.4, -0.2) is 96.0 Å². The molecule has 0 aliphatic carbocycles. The number of esters is 2. The number of carbonyl (C=O) groups is 2. The molecule has 1 aliphatic heterocycles. The van der Waals surface area contributed by atoms with E-state index in [1.807, 2.05) is 12.2 Å². The lowest BCUT2D eigenvalue weighted by atomic mass is 10.00. The first-order valence-corrected chi connectivity index (χ1v) is 23.2. The van der Waals surface area contributed by atoms with E-state index in [9.17, 15) is 37.9 Å². The molecule has 56 heavy (non-hydrogen) atoms. The maximum Gasteiger partial charge on any atom is 0.306 e. The minimum absolute atomic E-state index is 0.0939. The van der Waals surface area contributed by atoms with Gasteiger partial charge in [0.25, 0.3) is 10.1 Å². The zero-order valence-corrected chi connectivity index (χ0v) is 35.3. The summed E-state index contributed by atoms with van der Waals surface area (Å²) in [6.07, 6.45) is 27.8. The van der Waals surface area contributed by atoms with Crippen molar-refractivity contribution in [3.05, 3.63) is 36.5 Å². The molecule has 13 heteroatoms. The van der Waals surface area contributed by atoms with Crippen LogP contribution in [0.4, 0.5) is 0 Å². The molecule has 0 spiro atoms. The molecular weight excluding hydrogens is 741 g/mol. The molecule has 1 saturated heterocycles. The Morgan fingerprint density at radius 1 is 0.607 bits per heavy atom. The van der Waals surface area contributed by atoms with Crippen molar-refractivity contribution < 1.29 is 56.8 Å². The van der Waals surface area contributed by atoms with Gasteiger partial charge in [-0.15, -0.1) is 0 Å². The van der Waals surface area contributed by atoms with Crippen molar-refractivity contribution in [2.75, 3.05) is 19.0 Å². The zero-order valence-electron chi connectivity index (χ0n) is 34.5. The molecule has 1 fully saturated rings. The van der Waals surface area contributed by atoms with Crippen LogP contribution in [0, 0.1) is 0 Å². The van der Waals surface area contributed by atoms with Crippen LogP contribution in [0.15, 0.2) is 36.5 Å². The van der Waals surface area contributed by atoms with E-state index in [1.165, 1.54) is 83.5 Å². The van der Waals surface area contributed by atoms with Gasteiger partial charge in [0.05, 0.1) is 6.61 Å². The highest BCUT2D eigenvalue weighted by molar-refractivity contribution is 7.85. The molecule has 1 aliphatic rings. The van der Waals surface area contributed by atoms with Gasteiger partial charge in [-0.2, -0.15) is 8.42 Å². The summed E-state index contributed by atoms with van der Waals surface area (Å²) in [7, 11) is -4.60. The Balaban J connectivity index is 2.52. The van der Waals surface area contributed by atoms with Gasteiger partial charge in [-0.25, -0.2) is 0 Å². The average Bonchev–Trinajstić information content (AvgIpc) is 3.16. The molecule has 1 heterocycles. The number of carbonyl (C=O) groups excluding carboxylic acids is 2. The Morgan fingerprint density at radius 2 is 1.09 bits per heavy atom. The summed E-state index contributed by atoms with van der Waals surface area (Å²) in [6, 6.07) is 0. The fourth-order valence-electron chi connectivity index (χ4n) is 6.34. The summed E-state index contributed by atoms with van der Waals surface area (Å²) in [6.45, 7) is 3.69. The Kier molecular flexibility index (Phi) is 31.3. The number of aliphatic hydroxyl groups is 3. The molecule has 12 nitrogen and oxygen atoms in total. The van der Waals surface area contributed by atoms with Crippen molar-refractivity contribution in [1.29, 1.82) is 0 Å². The van der Waals surface area contributed by atoms with Crippen LogP contribution in [-0.2, 0) is 38.7 Å². The van der Waals surface area contributed by atoms with Gasteiger partial charge >= 0.3 is 11.9 Å². The zero-order chi connectivity index (χ0) is 41.3. The maximum absolute atomic E-state index is 12.8. The number of rotatable bonds is 35. The third kappa shape index (κ3) is 28.3. The second-order valence-corrected chi connectivity index (χ2v) is 16.5. The number of ether oxygens (including phenoxy) is 4. The molecule has 0 saturated carbocycles. The quantitative estimate of drug-likeness (QED) is 0.0208. The van der Waals surface area contributed by atoms with E-state index in [2.05, 4.69) is 38.2 Å². The van der Waals surface area contributed by atoms with Crippen LogP contribution in [0.25, 0.3) is 0 Å². The summed E-state index contributed by atoms with van der Waals surface area (Å²) in [4.78, 5) is 25.3. The molecule has 0 aromatic rings. The van der Waals surface area contributed by atoms with Gasteiger partial charge in [-0.1, -0.05) is 147 Å². The first-order valence-electron chi connectivity index (χ1n) is 21.5. The van der Waals surface area contributed by atoms with Crippen LogP contribution in [0.3, 0.4) is 0 Å². The Bertz CT molecular complexity index is 1190. The Hall–Kier alpha value is -2.13. The lowest BCUT2D eigenvalue weighted by molar-refractivity contribution is -0.297. The number of aliphatic hydroxyl groups excluding tert-OH is 3. The van der Waals surface area contributed by atoms with E-state index in [-0.39, 0.29) is 19.4 Å². The number of hydrogen-bond acceptors (Lipinski definition) is 11. The predicted molar refractivity (Wildman–Crippen MR) is 219 cm³/mol. The van der Waals surface area contributed by atoms with Gasteiger partial charge in [0, 0.05) is 12.8 Å². The minimum Gasteiger partial charge on any atom is -0.462 e. The first kappa shape index (κ1) is 51.9. The van der Waals surface area contributed by atoms with E-state index >= 15 is 0 Å². The molecule has 2 unspecified atom stereocenters. The first-order chi connectivity index (χ1) is 27.0. The summed E-state index contributed by atoms with van der Waals surface area (Å²) < 4.78 is 53.9. The van der Waals surface area contributed by atoms with Gasteiger partial charge in [-0.05, 0) is 44.9 Å². The van der Waals surface area contributed by atoms with Gasteiger partial charge in [-0.3, -0.25) is 14.1 Å². The molecule has 6 atom stereocenters. The van der Waals surface area contributed by atoms with E-state index < -0.39 is 71.2 Å². The standard InChI is InChI=1S/C43H76O12S/c1-3-5-7-9-11-13-15-16-17-18-19-20-22-24-26-28-30-32-39(45)54-36(33-52-38(44)31-29-27-25-23-21-14-12-10-8-6-4-2)34-53-43-42(48)41(47)40(46)37(55-43)35-56(49,50)51/h16-17,19-20,24,26,36-37,40-43,46-48H,3-15,18,21-23,25,27-35H2,1-2H3,(H,49,50,51)/b17-16+,20-19+,26-24+/t36-,37-,40-,41?,42?,43+/m1/s1. The fourth-order valence-corrected chi connectivity index (χ4v) is 7.03. The molecule has 4 N–H and O–H groups in total. The highest BCUT2D eigenvalue weighted by atomic mass is 32.2. The molecule has 0 aromatic heterocycles. The van der Waals surface area contributed by atoms with Crippen molar-refractivity contribution in [2.45, 2.75) is 205 Å². The van der Waals surface area contributed by atoms with Gasteiger partial charge < -0.3 is 34.3 Å². The fraction of sp³-hybridized carbons (Fsp3) is 0.814. The number of allylic oxidation sites excluding steroid dienone is 6. The van der Waals surface area contributed by atoms with Gasteiger partial charge in [0.2, 0.25) is 0 Å². The van der Waals surface area contributed by atoms with Crippen molar-refractivity contribution in [3.8, 4) is 0 Å². The number of unbranched alkanes of at least 4 members (excludes halogenated alkanes) is 17. The molecule has 0 bridgehead atoms. The normalized spacial score (nSPS) is 21.0. The summed E-state index contributed by atoms with van der Waals surface area (Å²) in [5.41, 5.74) is 0. The van der Waals surface area contributed by atoms with E-state index in [0.717, 1.165) is 38.5 Å². The predicted octanol–water partition coefficient (Wildman–Crippen LogP) is 8.22. The molecule has 0 aromatic carbocycles. The maximum atomic E-state index is 12.8. The Morgan fingerprint density at radius 3 is 1.64 bits per heavy atom. The van der Waals surface area contributed by atoms with Crippen molar-refractivity contribution in [3.63, 3.8) is 0 Å². The van der Waals surface area contributed by atoms with E-state index in [0.29, 0.717) is 19.3 Å². The topological polar surface area (TPSA) is 186 Å². The summed E-state index contributed by atoms with van der Waals surface area (Å²) in [5, 5.41) is 30.8. The number of hydrogen-bond donors (Lipinski definition) is 4. The smallest absolute Gasteiger partial charge is 0.306 e. The summed E-state index contributed by atoms with van der Waals surface area (Å²) >= 11 is 0. The lowest BCUT2D eigenvalue weighted by Gasteiger charge is -2.40. The van der Waals surface area contributed by atoms with Crippen molar-refractivity contribution in [2.24, 2.45) is 0 Å².